The molecular formula is C14H20N2S. The summed E-state index contributed by atoms with van der Waals surface area (Å²) < 4.78 is 1.30. The molecular weight excluding hydrogens is 228 g/mol. The van der Waals surface area contributed by atoms with Gasteiger partial charge in [0.15, 0.2) is 0 Å². The number of aromatic nitrogens is 1. The Kier molecular flexibility index (Phi) is 4.51. The van der Waals surface area contributed by atoms with Gasteiger partial charge in [0.2, 0.25) is 0 Å². The number of benzene rings is 1. The molecule has 2 aromatic rings. The first kappa shape index (κ1) is 12.5. The normalized spacial score (nSPS) is 13.1. The Bertz CT molecular complexity index is 431. The fraction of sp³-hybridized carbons (Fsp3) is 0.500. The molecule has 1 heterocycles. The third-order valence-corrected chi connectivity index (χ3v) is 3.97. The van der Waals surface area contributed by atoms with Crippen molar-refractivity contribution in [2.24, 2.45) is 0 Å². The minimum absolute atomic E-state index is 0.585. The van der Waals surface area contributed by atoms with Crippen molar-refractivity contribution in [3.05, 3.63) is 29.3 Å². The third-order valence-electron chi connectivity index (χ3n) is 2.87. The van der Waals surface area contributed by atoms with E-state index in [-0.39, 0.29) is 0 Å². The van der Waals surface area contributed by atoms with Gasteiger partial charge in [-0.3, -0.25) is 0 Å². The van der Waals surface area contributed by atoms with Gasteiger partial charge in [0.25, 0.3) is 0 Å². The number of rotatable bonds is 6. The topological polar surface area (TPSA) is 24.9 Å². The summed E-state index contributed by atoms with van der Waals surface area (Å²) in [7, 11) is 0. The lowest BCUT2D eigenvalue weighted by Crippen LogP contribution is -2.27. The molecule has 2 nitrogen and oxygen atoms in total. The molecule has 1 atom stereocenters. The van der Waals surface area contributed by atoms with Crippen molar-refractivity contribution in [2.45, 2.75) is 39.2 Å². The Morgan fingerprint density at radius 3 is 2.94 bits per heavy atom. The zero-order valence-electron chi connectivity index (χ0n) is 10.6. The van der Waals surface area contributed by atoms with Crippen molar-refractivity contribution in [1.29, 1.82) is 0 Å². The average molecular weight is 248 g/mol. The van der Waals surface area contributed by atoms with E-state index in [4.69, 9.17) is 0 Å². The van der Waals surface area contributed by atoms with E-state index < -0.39 is 0 Å². The molecule has 0 aliphatic carbocycles. The average Bonchev–Trinajstić information content (AvgIpc) is 2.76. The highest BCUT2D eigenvalue weighted by molar-refractivity contribution is 7.18. The van der Waals surface area contributed by atoms with E-state index in [1.54, 1.807) is 0 Å². The highest BCUT2D eigenvalue weighted by Crippen LogP contribution is 2.22. The molecule has 0 fully saturated rings. The number of nitrogens with one attached hydrogen (secondary N) is 1. The Balaban J connectivity index is 1.90. The summed E-state index contributed by atoms with van der Waals surface area (Å²) in [6.07, 6.45) is 3.45. The Hall–Kier alpha value is -0.930. The molecule has 0 radical (unpaired) electrons. The van der Waals surface area contributed by atoms with Gasteiger partial charge >= 0.3 is 0 Å². The quantitative estimate of drug-likeness (QED) is 0.844. The number of nitrogens with zero attached hydrogens (tertiary/aromatic N) is 1. The summed E-state index contributed by atoms with van der Waals surface area (Å²) in [5.41, 5.74) is 1.14. The molecule has 0 amide bonds. The summed E-state index contributed by atoms with van der Waals surface area (Å²) >= 11 is 1.82. The Morgan fingerprint density at radius 2 is 2.18 bits per heavy atom. The van der Waals surface area contributed by atoms with Crippen molar-refractivity contribution < 1.29 is 0 Å². The Morgan fingerprint density at radius 1 is 1.35 bits per heavy atom. The van der Waals surface area contributed by atoms with Gasteiger partial charge in [0.1, 0.15) is 0 Å². The molecule has 0 saturated carbocycles. The van der Waals surface area contributed by atoms with Gasteiger partial charge in [-0.1, -0.05) is 19.1 Å². The van der Waals surface area contributed by atoms with Crippen molar-refractivity contribution in [3.8, 4) is 0 Å². The lowest BCUT2D eigenvalue weighted by Gasteiger charge is -2.11. The van der Waals surface area contributed by atoms with Crippen LogP contribution in [0.4, 0.5) is 0 Å². The van der Waals surface area contributed by atoms with E-state index in [0.717, 1.165) is 18.5 Å². The van der Waals surface area contributed by atoms with Gasteiger partial charge in [-0.15, -0.1) is 11.3 Å². The number of hydrogen-bond acceptors (Lipinski definition) is 3. The predicted octanol–water partition coefficient (Wildman–Crippen LogP) is 3.62. The van der Waals surface area contributed by atoms with E-state index >= 15 is 0 Å². The van der Waals surface area contributed by atoms with Crippen LogP contribution in [0.5, 0.6) is 0 Å². The standard InChI is InChI=1S/C14H20N2S/c1-3-10-15-11(2)8-9-14-16-12-6-4-5-7-13(12)17-14/h4-7,11,15H,3,8-10H2,1-2H3. The van der Waals surface area contributed by atoms with Crippen LogP contribution in [0, 0.1) is 0 Å². The number of para-hydroxylation sites is 1. The van der Waals surface area contributed by atoms with Gasteiger partial charge in [-0.25, -0.2) is 4.98 Å². The minimum atomic E-state index is 0.585. The molecule has 1 aromatic heterocycles. The van der Waals surface area contributed by atoms with Crippen LogP contribution in [0.25, 0.3) is 10.2 Å². The van der Waals surface area contributed by atoms with E-state index in [9.17, 15) is 0 Å². The molecule has 0 saturated heterocycles. The van der Waals surface area contributed by atoms with Crippen LogP contribution in [0.2, 0.25) is 0 Å². The Labute approximate surface area is 107 Å². The zero-order valence-corrected chi connectivity index (χ0v) is 11.4. The number of fused-ring (bicyclic) bond motifs is 1. The summed E-state index contributed by atoms with van der Waals surface area (Å²) in [5.74, 6) is 0. The molecule has 0 bridgehead atoms. The van der Waals surface area contributed by atoms with Crippen LogP contribution in [-0.2, 0) is 6.42 Å². The maximum Gasteiger partial charge on any atom is 0.0939 e. The molecule has 1 N–H and O–H groups in total. The van der Waals surface area contributed by atoms with Crippen LogP contribution in [0.1, 0.15) is 31.7 Å². The molecule has 92 valence electrons. The second kappa shape index (κ2) is 6.12. The second-order valence-electron chi connectivity index (χ2n) is 4.47. The number of thiazole rings is 1. The predicted molar refractivity (Wildman–Crippen MR) is 75.7 cm³/mol. The summed E-state index contributed by atoms with van der Waals surface area (Å²) in [4.78, 5) is 4.66. The summed E-state index contributed by atoms with van der Waals surface area (Å²) in [5, 5.41) is 4.77. The summed E-state index contributed by atoms with van der Waals surface area (Å²) in [6, 6.07) is 8.96. The van der Waals surface area contributed by atoms with Gasteiger partial charge < -0.3 is 5.32 Å². The molecule has 0 aliphatic rings. The third kappa shape index (κ3) is 3.51. The lowest BCUT2D eigenvalue weighted by molar-refractivity contribution is 0.513. The lowest BCUT2D eigenvalue weighted by atomic mass is 10.2. The minimum Gasteiger partial charge on any atom is -0.314 e. The van der Waals surface area contributed by atoms with Gasteiger partial charge in [-0.05, 0) is 38.4 Å². The fourth-order valence-corrected chi connectivity index (χ4v) is 2.84. The molecule has 1 aromatic carbocycles. The van der Waals surface area contributed by atoms with E-state index in [1.165, 1.54) is 22.5 Å². The molecule has 0 aliphatic heterocycles. The van der Waals surface area contributed by atoms with Crippen LogP contribution in [0.15, 0.2) is 24.3 Å². The van der Waals surface area contributed by atoms with Crippen molar-refractivity contribution in [2.75, 3.05) is 6.54 Å². The van der Waals surface area contributed by atoms with Crippen molar-refractivity contribution in [3.63, 3.8) is 0 Å². The molecule has 17 heavy (non-hydrogen) atoms. The van der Waals surface area contributed by atoms with Gasteiger partial charge in [0.05, 0.1) is 15.2 Å². The molecule has 3 heteroatoms. The first-order valence-electron chi connectivity index (χ1n) is 6.37. The fourth-order valence-electron chi connectivity index (χ4n) is 1.86. The number of hydrogen-bond donors (Lipinski definition) is 1. The largest absolute Gasteiger partial charge is 0.314 e. The van der Waals surface area contributed by atoms with Crippen LogP contribution >= 0.6 is 11.3 Å². The van der Waals surface area contributed by atoms with Gasteiger partial charge in [0, 0.05) is 12.5 Å². The van der Waals surface area contributed by atoms with Crippen LogP contribution in [0.3, 0.4) is 0 Å². The maximum absolute atomic E-state index is 4.66. The highest BCUT2D eigenvalue weighted by atomic mass is 32.1. The van der Waals surface area contributed by atoms with E-state index in [0.29, 0.717) is 6.04 Å². The van der Waals surface area contributed by atoms with Crippen molar-refractivity contribution >= 4 is 21.6 Å². The molecule has 1 unspecified atom stereocenters. The van der Waals surface area contributed by atoms with Crippen LogP contribution in [-0.4, -0.2) is 17.6 Å². The SMILES string of the molecule is CCCNC(C)CCc1nc2ccccc2s1. The summed E-state index contributed by atoms with van der Waals surface area (Å²) in [6.45, 7) is 5.57. The monoisotopic (exact) mass is 248 g/mol. The zero-order chi connectivity index (χ0) is 12.1. The number of aryl methyl sites for hydroxylation is 1. The maximum atomic E-state index is 4.66. The van der Waals surface area contributed by atoms with E-state index in [1.807, 2.05) is 11.3 Å². The van der Waals surface area contributed by atoms with Crippen LogP contribution < -0.4 is 5.32 Å². The van der Waals surface area contributed by atoms with E-state index in [2.05, 4.69) is 48.4 Å². The molecule has 2 rings (SSSR count). The van der Waals surface area contributed by atoms with Gasteiger partial charge in [-0.2, -0.15) is 0 Å². The smallest absolute Gasteiger partial charge is 0.0939 e. The first-order chi connectivity index (χ1) is 8.29. The molecule has 0 spiro atoms. The second-order valence-corrected chi connectivity index (χ2v) is 5.58. The van der Waals surface area contributed by atoms with Crippen molar-refractivity contribution in [1.82, 2.24) is 10.3 Å². The first-order valence-corrected chi connectivity index (χ1v) is 7.19. The highest BCUT2D eigenvalue weighted by Gasteiger charge is 2.05.